The van der Waals surface area contributed by atoms with E-state index in [9.17, 15) is 19.5 Å². The van der Waals surface area contributed by atoms with E-state index >= 15 is 0 Å². The Hall–Kier alpha value is -2.84. The Morgan fingerprint density at radius 1 is 1.03 bits per heavy atom. The summed E-state index contributed by atoms with van der Waals surface area (Å²) in [5.74, 6) is -1.37. The van der Waals surface area contributed by atoms with Gasteiger partial charge >= 0.3 is 11.9 Å². The smallest absolute Gasteiger partial charge is 0.315 e. The maximum atomic E-state index is 12.0. The normalized spacial score (nSPS) is 12.5. The van der Waals surface area contributed by atoms with Gasteiger partial charge in [0.05, 0.1) is 25.6 Å². The van der Waals surface area contributed by atoms with Crippen molar-refractivity contribution in [3.8, 4) is 0 Å². The average Bonchev–Trinajstić information content (AvgIpc) is 2.78. The molecule has 0 aliphatic carbocycles. The fraction of sp³-hybridized carbons (Fsp3) is 0.375. The van der Waals surface area contributed by atoms with E-state index < -0.39 is 18.0 Å². The fourth-order valence-corrected chi connectivity index (χ4v) is 4.27. The Balaban J connectivity index is 2.14. The molecule has 0 bridgehead atoms. The van der Waals surface area contributed by atoms with Crippen molar-refractivity contribution in [2.75, 3.05) is 19.5 Å². The van der Waals surface area contributed by atoms with Gasteiger partial charge in [0.2, 0.25) is 5.91 Å². The third kappa shape index (κ3) is 8.36. The number of hydrogen-bond donors (Lipinski definition) is 2. The minimum absolute atomic E-state index is 0.251. The molecule has 2 N–H and O–H groups in total. The van der Waals surface area contributed by atoms with Gasteiger partial charge in [0, 0.05) is 17.0 Å². The number of methoxy groups -OCH3 is 2. The zero-order chi connectivity index (χ0) is 23.5. The number of ether oxygens (including phenoxy) is 2. The number of aryl methyl sites for hydroxylation is 1. The minimum atomic E-state index is -0.690. The molecule has 2 aromatic carbocycles. The number of carbonyl (C=O) groups excluding carboxylic acids is 3. The summed E-state index contributed by atoms with van der Waals surface area (Å²) < 4.78 is 9.18. The summed E-state index contributed by atoms with van der Waals surface area (Å²) in [7, 11) is 2.58. The number of thioether (sulfide) groups is 1. The molecule has 1 amide bonds. The first-order valence-electron chi connectivity index (χ1n) is 10.3. The number of esters is 2. The predicted molar refractivity (Wildman–Crippen MR) is 123 cm³/mol. The monoisotopic (exact) mass is 459 g/mol. The third-order valence-corrected chi connectivity index (χ3v) is 6.14. The van der Waals surface area contributed by atoms with Crippen molar-refractivity contribution in [2.45, 2.75) is 48.9 Å². The van der Waals surface area contributed by atoms with Crippen LogP contribution >= 0.6 is 11.8 Å². The van der Waals surface area contributed by atoms with E-state index in [1.54, 1.807) is 18.2 Å². The molecule has 0 saturated carbocycles. The van der Waals surface area contributed by atoms with Gasteiger partial charge in [-0.25, -0.2) is 0 Å². The lowest BCUT2D eigenvalue weighted by atomic mass is 10.0. The molecule has 0 spiro atoms. The van der Waals surface area contributed by atoms with Crippen molar-refractivity contribution >= 4 is 35.3 Å². The summed E-state index contributed by atoms with van der Waals surface area (Å²) in [6.07, 6.45) is 0.153. The van der Waals surface area contributed by atoms with Gasteiger partial charge < -0.3 is 19.9 Å². The molecule has 0 fully saturated rings. The number of aliphatic hydroxyl groups excluding tert-OH is 1. The summed E-state index contributed by atoms with van der Waals surface area (Å²) in [4.78, 5) is 35.5. The second-order valence-corrected chi connectivity index (χ2v) is 8.53. The van der Waals surface area contributed by atoms with Crippen molar-refractivity contribution in [3.05, 3.63) is 59.7 Å². The van der Waals surface area contributed by atoms with Crippen molar-refractivity contribution in [1.82, 2.24) is 0 Å². The molecule has 2 atom stereocenters. The number of aliphatic hydroxyl groups is 1. The number of carbonyl (C=O) groups is 3. The number of hydrogen-bond acceptors (Lipinski definition) is 7. The molecule has 0 aromatic heterocycles. The summed E-state index contributed by atoms with van der Waals surface area (Å²) in [6.45, 7) is 2.00. The molecule has 32 heavy (non-hydrogen) atoms. The number of rotatable bonds is 11. The number of amides is 1. The standard InChI is InChI=1S/C24H29NO6S/c1-16-10-12-17(13-11-16)24(20(26)8-5-9-22(28)30-2)32-19-7-4-6-18(14-19)25-21(27)15-23(29)31-3/h4,6-7,10-14,20,24,26H,5,8-9,15H2,1-3H3,(H,25,27)/t20-,24+/m0/s1. The highest BCUT2D eigenvalue weighted by atomic mass is 32.2. The summed E-state index contributed by atoms with van der Waals surface area (Å²) in [6, 6.07) is 15.2. The third-order valence-electron chi connectivity index (χ3n) is 4.78. The number of benzene rings is 2. The molecular formula is C24H29NO6S. The highest BCUT2D eigenvalue weighted by Crippen LogP contribution is 2.40. The lowest BCUT2D eigenvalue weighted by molar-refractivity contribution is -0.143. The molecule has 8 heteroatoms. The molecule has 0 aliphatic heterocycles. The van der Waals surface area contributed by atoms with E-state index in [1.165, 1.54) is 26.0 Å². The van der Waals surface area contributed by atoms with E-state index in [1.807, 2.05) is 37.3 Å². The Kier molecular flexibility index (Phi) is 10.2. The minimum Gasteiger partial charge on any atom is -0.469 e. The maximum absolute atomic E-state index is 12.0. The predicted octanol–water partition coefficient (Wildman–Crippen LogP) is 4.03. The quantitative estimate of drug-likeness (QED) is 0.297. The first-order valence-corrected chi connectivity index (χ1v) is 11.1. The summed E-state index contributed by atoms with van der Waals surface area (Å²) in [5, 5.41) is 13.3. The molecule has 0 radical (unpaired) electrons. The van der Waals surface area contributed by atoms with Crippen LogP contribution in [0, 0.1) is 6.92 Å². The lowest BCUT2D eigenvalue weighted by Gasteiger charge is -2.23. The molecular weight excluding hydrogens is 430 g/mol. The van der Waals surface area contributed by atoms with Crippen LogP contribution in [-0.4, -0.2) is 43.3 Å². The first-order chi connectivity index (χ1) is 15.3. The van der Waals surface area contributed by atoms with Crippen molar-refractivity contribution in [2.24, 2.45) is 0 Å². The zero-order valence-corrected chi connectivity index (χ0v) is 19.3. The van der Waals surface area contributed by atoms with Crippen molar-refractivity contribution in [1.29, 1.82) is 0 Å². The van der Waals surface area contributed by atoms with Crippen LogP contribution in [0.2, 0.25) is 0 Å². The SMILES string of the molecule is COC(=O)CCC[C@H](O)[C@H](Sc1cccc(NC(=O)CC(=O)OC)c1)c1ccc(C)cc1. The van der Waals surface area contributed by atoms with Gasteiger partial charge in [-0.2, -0.15) is 0 Å². The van der Waals surface area contributed by atoms with Crippen LogP contribution in [0.15, 0.2) is 53.4 Å². The van der Waals surface area contributed by atoms with Gasteiger partial charge in [-0.1, -0.05) is 35.9 Å². The Labute approximate surface area is 192 Å². The summed E-state index contributed by atoms with van der Waals surface area (Å²) >= 11 is 1.47. The zero-order valence-electron chi connectivity index (χ0n) is 18.5. The van der Waals surface area contributed by atoms with Crippen LogP contribution in [0.4, 0.5) is 5.69 Å². The highest BCUT2D eigenvalue weighted by Gasteiger charge is 2.23. The lowest BCUT2D eigenvalue weighted by Crippen LogP contribution is -2.17. The Morgan fingerprint density at radius 2 is 1.72 bits per heavy atom. The van der Waals surface area contributed by atoms with E-state index in [2.05, 4.69) is 14.8 Å². The second-order valence-electron chi connectivity index (χ2n) is 7.31. The maximum Gasteiger partial charge on any atom is 0.315 e. The van der Waals surface area contributed by atoms with E-state index in [-0.39, 0.29) is 24.1 Å². The highest BCUT2D eigenvalue weighted by molar-refractivity contribution is 7.99. The van der Waals surface area contributed by atoms with Gasteiger partial charge in [0.15, 0.2) is 0 Å². The second kappa shape index (κ2) is 12.9. The Morgan fingerprint density at radius 3 is 2.38 bits per heavy atom. The van der Waals surface area contributed by atoms with Crippen molar-refractivity contribution in [3.63, 3.8) is 0 Å². The molecule has 0 unspecified atom stereocenters. The molecule has 0 heterocycles. The number of anilines is 1. The van der Waals surface area contributed by atoms with Crippen molar-refractivity contribution < 1.29 is 29.0 Å². The molecule has 7 nitrogen and oxygen atoms in total. The average molecular weight is 460 g/mol. The molecule has 2 aromatic rings. The van der Waals surface area contributed by atoms with E-state index in [0.717, 1.165) is 16.0 Å². The van der Waals surface area contributed by atoms with Gasteiger partial charge in [-0.05, 0) is 43.5 Å². The van der Waals surface area contributed by atoms with Gasteiger partial charge in [-0.3, -0.25) is 14.4 Å². The molecule has 0 aliphatic rings. The molecule has 2 rings (SSSR count). The van der Waals surface area contributed by atoms with Crippen LogP contribution in [0.5, 0.6) is 0 Å². The van der Waals surface area contributed by atoms with Gasteiger partial charge in [-0.15, -0.1) is 11.8 Å². The van der Waals surface area contributed by atoms with Gasteiger partial charge in [0.1, 0.15) is 6.42 Å². The largest absolute Gasteiger partial charge is 0.469 e. The Bertz CT molecular complexity index is 915. The van der Waals surface area contributed by atoms with Crippen LogP contribution in [0.25, 0.3) is 0 Å². The van der Waals surface area contributed by atoms with Gasteiger partial charge in [0.25, 0.3) is 0 Å². The van der Waals surface area contributed by atoms with E-state index in [0.29, 0.717) is 18.5 Å². The molecule has 172 valence electrons. The fourth-order valence-electron chi connectivity index (χ4n) is 3.04. The topological polar surface area (TPSA) is 102 Å². The van der Waals surface area contributed by atoms with E-state index in [4.69, 9.17) is 0 Å². The van der Waals surface area contributed by atoms with Crippen LogP contribution in [-0.2, 0) is 23.9 Å². The molecule has 0 saturated heterocycles. The number of nitrogens with one attached hydrogen (secondary N) is 1. The summed E-state index contributed by atoms with van der Waals surface area (Å²) in [5.41, 5.74) is 2.63. The van der Waals surface area contributed by atoms with Crippen LogP contribution in [0.3, 0.4) is 0 Å². The first kappa shape index (κ1) is 25.4. The van der Waals surface area contributed by atoms with Crippen LogP contribution in [0.1, 0.15) is 42.1 Å². The van der Waals surface area contributed by atoms with Crippen LogP contribution < -0.4 is 5.32 Å².